The SMILES string of the molecule is Brc1ccc(COCC2CNCCO2)cc1. The Labute approximate surface area is 104 Å². The van der Waals surface area contributed by atoms with Gasteiger partial charge in [-0.25, -0.2) is 0 Å². The molecule has 1 unspecified atom stereocenters. The van der Waals surface area contributed by atoms with Gasteiger partial charge in [0.2, 0.25) is 0 Å². The summed E-state index contributed by atoms with van der Waals surface area (Å²) in [5, 5.41) is 3.28. The zero-order valence-corrected chi connectivity index (χ0v) is 10.7. The molecular formula is C12H16BrNO2. The lowest BCUT2D eigenvalue weighted by Crippen LogP contribution is -2.40. The second-order valence-electron chi connectivity index (χ2n) is 3.84. The Hall–Kier alpha value is -0.420. The summed E-state index contributed by atoms with van der Waals surface area (Å²) >= 11 is 3.41. The second-order valence-corrected chi connectivity index (χ2v) is 4.75. The molecule has 1 saturated heterocycles. The molecule has 1 aliphatic heterocycles. The molecule has 16 heavy (non-hydrogen) atoms. The van der Waals surface area contributed by atoms with Crippen LogP contribution in [0.5, 0.6) is 0 Å². The van der Waals surface area contributed by atoms with Crippen LogP contribution in [-0.4, -0.2) is 32.4 Å². The normalized spacial score (nSPS) is 20.9. The first-order chi connectivity index (χ1) is 7.84. The highest BCUT2D eigenvalue weighted by atomic mass is 79.9. The lowest BCUT2D eigenvalue weighted by Gasteiger charge is -2.23. The molecule has 3 nitrogen and oxygen atoms in total. The molecule has 88 valence electrons. The molecule has 0 spiro atoms. The minimum atomic E-state index is 0.198. The first kappa shape index (κ1) is 12.0. The van der Waals surface area contributed by atoms with Gasteiger partial charge in [0, 0.05) is 17.6 Å². The molecule has 4 heteroatoms. The summed E-state index contributed by atoms with van der Waals surface area (Å²) in [5.41, 5.74) is 1.19. The quantitative estimate of drug-likeness (QED) is 0.917. The van der Waals surface area contributed by atoms with Crippen molar-refractivity contribution in [1.29, 1.82) is 0 Å². The van der Waals surface area contributed by atoms with Crippen molar-refractivity contribution < 1.29 is 9.47 Å². The van der Waals surface area contributed by atoms with Crippen LogP contribution >= 0.6 is 15.9 Å². The highest BCUT2D eigenvalue weighted by Gasteiger charge is 2.12. The fourth-order valence-corrected chi connectivity index (χ4v) is 1.88. The molecule has 1 aromatic carbocycles. The van der Waals surface area contributed by atoms with Gasteiger partial charge >= 0.3 is 0 Å². The van der Waals surface area contributed by atoms with E-state index < -0.39 is 0 Å². The lowest BCUT2D eigenvalue weighted by molar-refractivity contribution is -0.0357. The number of benzene rings is 1. The summed E-state index contributed by atoms with van der Waals surface area (Å²) in [4.78, 5) is 0. The molecule has 1 atom stereocenters. The van der Waals surface area contributed by atoms with Gasteiger partial charge in [0.05, 0.1) is 25.9 Å². The predicted molar refractivity (Wildman–Crippen MR) is 66.4 cm³/mol. The molecule has 0 radical (unpaired) electrons. The van der Waals surface area contributed by atoms with Crippen molar-refractivity contribution in [1.82, 2.24) is 5.32 Å². The molecule has 1 fully saturated rings. The lowest BCUT2D eigenvalue weighted by atomic mass is 10.2. The summed E-state index contributed by atoms with van der Waals surface area (Å²) in [7, 11) is 0. The van der Waals surface area contributed by atoms with Crippen molar-refractivity contribution in [3.63, 3.8) is 0 Å². The van der Waals surface area contributed by atoms with Gasteiger partial charge in [0.15, 0.2) is 0 Å². The maximum absolute atomic E-state index is 5.62. The first-order valence-corrected chi connectivity index (χ1v) is 6.28. The molecule has 0 amide bonds. The van der Waals surface area contributed by atoms with E-state index in [1.54, 1.807) is 0 Å². The number of hydrogen-bond acceptors (Lipinski definition) is 3. The maximum Gasteiger partial charge on any atom is 0.0933 e. The topological polar surface area (TPSA) is 30.5 Å². The van der Waals surface area contributed by atoms with Crippen molar-refractivity contribution in [3.05, 3.63) is 34.3 Å². The van der Waals surface area contributed by atoms with Crippen LogP contribution in [0.3, 0.4) is 0 Å². The number of ether oxygens (including phenoxy) is 2. The van der Waals surface area contributed by atoms with Crippen molar-refractivity contribution in [2.45, 2.75) is 12.7 Å². The monoisotopic (exact) mass is 285 g/mol. The van der Waals surface area contributed by atoms with Crippen LogP contribution in [-0.2, 0) is 16.1 Å². The highest BCUT2D eigenvalue weighted by Crippen LogP contribution is 2.11. The highest BCUT2D eigenvalue weighted by molar-refractivity contribution is 9.10. The first-order valence-electron chi connectivity index (χ1n) is 5.49. The van der Waals surface area contributed by atoms with E-state index in [-0.39, 0.29) is 6.10 Å². The number of nitrogens with one attached hydrogen (secondary N) is 1. The van der Waals surface area contributed by atoms with Gasteiger partial charge in [0.25, 0.3) is 0 Å². The largest absolute Gasteiger partial charge is 0.374 e. The molecular weight excluding hydrogens is 270 g/mol. The fourth-order valence-electron chi connectivity index (χ4n) is 1.62. The van der Waals surface area contributed by atoms with E-state index in [0.29, 0.717) is 13.2 Å². The molecule has 0 aliphatic carbocycles. The summed E-state index contributed by atoms with van der Waals surface area (Å²) < 4.78 is 12.3. The van der Waals surface area contributed by atoms with Crippen LogP contribution < -0.4 is 5.32 Å². The van der Waals surface area contributed by atoms with Crippen LogP contribution in [0, 0.1) is 0 Å². The summed E-state index contributed by atoms with van der Waals surface area (Å²) in [5.74, 6) is 0. The zero-order valence-electron chi connectivity index (χ0n) is 9.12. The minimum absolute atomic E-state index is 0.198. The molecule has 1 N–H and O–H groups in total. The van der Waals surface area contributed by atoms with Gasteiger partial charge in [-0.05, 0) is 17.7 Å². The van der Waals surface area contributed by atoms with Crippen LogP contribution in [0.2, 0.25) is 0 Å². The molecule has 0 bridgehead atoms. The number of morpholine rings is 1. The Morgan fingerprint density at radius 2 is 2.19 bits per heavy atom. The third-order valence-corrected chi connectivity index (χ3v) is 3.02. The standard InChI is InChI=1S/C12H16BrNO2/c13-11-3-1-10(2-4-11)8-15-9-12-7-14-5-6-16-12/h1-4,12,14H,5-9H2. The van der Waals surface area contributed by atoms with Crippen LogP contribution in [0.4, 0.5) is 0 Å². The minimum Gasteiger partial charge on any atom is -0.374 e. The third kappa shape index (κ3) is 3.87. The van der Waals surface area contributed by atoms with Gasteiger partial charge in [-0.1, -0.05) is 28.1 Å². The van der Waals surface area contributed by atoms with E-state index >= 15 is 0 Å². The van der Waals surface area contributed by atoms with Crippen molar-refractivity contribution in [3.8, 4) is 0 Å². The van der Waals surface area contributed by atoms with E-state index in [2.05, 4.69) is 33.4 Å². The van der Waals surface area contributed by atoms with Gasteiger partial charge < -0.3 is 14.8 Å². The van der Waals surface area contributed by atoms with Gasteiger partial charge in [0.1, 0.15) is 0 Å². The van der Waals surface area contributed by atoms with E-state index in [1.165, 1.54) is 5.56 Å². The number of halogens is 1. The van der Waals surface area contributed by atoms with E-state index in [0.717, 1.165) is 24.2 Å². The average Bonchev–Trinajstić information content (AvgIpc) is 2.33. The van der Waals surface area contributed by atoms with Gasteiger partial charge in [-0.3, -0.25) is 0 Å². The Balaban J connectivity index is 1.69. The maximum atomic E-state index is 5.62. The van der Waals surface area contributed by atoms with Crippen molar-refractivity contribution >= 4 is 15.9 Å². The Morgan fingerprint density at radius 3 is 2.88 bits per heavy atom. The van der Waals surface area contributed by atoms with Crippen LogP contribution in [0.25, 0.3) is 0 Å². The van der Waals surface area contributed by atoms with Gasteiger partial charge in [-0.2, -0.15) is 0 Å². The van der Waals surface area contributed by atoms with Crippen LogP contribution in [0.15, 0.2) is 28.7 Å². The molecule has 1 aromatic rings. The zero-order chi connectivity index (χ0) is 11.2. The molecule has 1 heterocycles. The predicted octanol–water partition coefficient (Wildman–Crippen LogP) is 1.95. The average molecular weight is 286 g/mol. The summed E-state index contributed by atoms with van der Waals surface area (Å²) in [6.45, 7) is 3.92. The fraction of sp³-hybridized carbons (Fsp3) is 0.500. The smallest absolute Gasteiger partial charge is 0.0933 e. The van der Waals surface area contributed by atoms with Crippen LogP contribution in [0.1, 0.15) is 5.56 Å². The molecule has 0 saturated carbocycles. The number of rotatable bonds is 4. The Morgan fingerprint density at radius 1 is 1.38 bits per heavy atom. The van der Waals surface area contributed by atoms with Crippen molar-refractivity contribution in [2.24, 2.45) is 0 Å². The van der Waals surface area contributed by atoms with Crippen molar-refractivity contribution in [2.75, 3.05) is 26.3 Å². The number of hydrogen-bond donors (Lipinski definition) is 1. The van der Waals surface area contributed by atoms with E-state index in [1.807, 2.05) is 12.1 Å². The second kappa shape index (κ2) is 6.35. The molecule has 1 aliphatic rings. The summed E-state index contributed by atoms with van der Waals surface area (Å²) in [6.07, 6.45) is 0.198. The molecule has 2 rings (SSSR count). The Kier molecular flexibility index (Phi) is 4.78. The third-order valence-electron chi connectivity index (χ3n) is 2.49. The summed E-state index contributed by atoms with van der Waals surface area (Å²) in [6, 6.07) is 8.17. The Bertz CT molecular complexity index is 309. The van der Waals surface area contributed by atoms with Gasteiger partial charge in [-0.15, -0.1) is 0 Å². The van der Waals surface area contributed by atoms with E-state index in [9.17, 15) is 0 Å². The molecule has 0 aromatic heterocycles. The van der Waals surface area contributed by atoms with E-state index in [4.69, 9.17) is 9.47 Å².